The average Bonchev–Trinajstić information content (AvgIpc) is 2.94. The van der Waals surface area contributed by atoms with E-state index >= 15 is 0 Å². The molecular weight excluding hydrogens is 556 g/mol. The van der Waals surface area contributed by atoms with E-state index in [1.54, 1.807) is 0 Å². The highest BCUT2D eigenvalue weighted by atomic mass is 15.1. The number of hydrogen-bond donors (Lipinski definition) is 0. The van der Waals surface area contributed by atoms with Gasteiger partial charge in [-0.1, -0.05) is 132 Å². The smallest absolute Gasteiger partial charge is 0.0449 e. The van der Waals surface area contributed by atoms with Gasteiger partial charge in [0.2, 0.25) is 0 Å². The van der Waals surface area contributed by atoms with Gasteiger partial charge in [-0.3, -0.25) is 0 Å². The van der Waals surface area contributed by atoms with E-state index in [-0.39, 0.29) is 21.7 Å². The lowest BCUT2D eigenvalue weighted by Crippen LogP contribution is -2.24. The summed E-state index contributed by atoms with van der Waals surface area (Å²) < 4.78 is 0. The molecule has 5 rings (SSSR count). The van der Waals surface area contributed by atoms with Crippen molar-refractivity contribution in [3.63, 3.8) is 0 Å². The molecule has 1 heterocycles. The van der Waals surface area contributed by atoms with Crippen molar-refractivity contribution in [3.05, 3.63) is 106 Å². The SMILES string of the molecule is CN1Cc2cc(ccc2C(C)(C)C)-c2ccc(C(C)(C)C)cc2N(C)Cc2cc(ccc2C(C)(C)C)-c2ccc(C(C)(C)C)cc21. The number of benzene rings is 4. The second-order valence-corrected chi connectivity index (χ2v) is 17.9. The Bertz CT molecular complexity index is 1610. The van der Waals surface area contributed by atoms with Crippen LogP contribution in [0, 0.1) is 0 Å². The molecular formula is C44H58N2. The van der Waals surface area contributed by atoms with Crippen molar-refractivity contribution in [1.82, 2.24) is 0 Å². The zero-order valence-electron chi connectivity index (χ0n) is 31.2. The molecule has 0 N–H and O–H groups in total. The Morgan fingerprint density at radius 2 is 0.761 bits per heavy atom. The molecule has 4 aromatic rings. The minimum atomic E-state index is 0.0314. The second kappa shape index (κ2) is 11.6. The van der Waals surface area contributed by atoms with Gasteiger partial charge in [0.1, 0.15) is 0 Å². The quantitative estimate of drug-likeness (QED) is 0.194. The molecule has 4 bridgehead atoms. The van der Waals surface area contributed by atoms with E-state index in [2.05, 4.69) is 180 Å². The molecule has 0 radical (unpaired) electrons. The molecule has 0 fully saturated rings. The van der Waals surface area contributed by atoms with Crippen molar-refractivity contribution in [1.29, 1.82) is 0 Å². The largest absolute Gasteiger partial charge is 0.370 e. The van der Waals surface area contributed by atoms with Crippen LogP contribution < -0.4 is 9.80 Å². The molecule has 2 heteroatoms. The van der Waals surface area contributed by atoms with Crippen LogP contribution in [-0.4, -0.2) is 14.1 Å². The van der Waals surface area contributed by atoms with Gasteiger partial charge in [0.05, 0.1) is 0 Å². The molecule has 2 nitrogen and oxygen atoms in total. The number of nitrogens with zero attached hydrogens (tertiary/aromatic N) is 2. The van der Waals surface area contributed by atoms with Crippen molar-refractivity contribution < 1.29 is 0 Å². The van der Waals surface area contributed by atoms with E-state index < -0.39 is 0 Å². The first-order valence-electron chi connectivity index (χ1n) is 17.1. The molecule has 0 spiro atoms. The van der Waals surface area contributed by atoms with Crippen LogP contribution in [0.25, 0.3) is 22.3 Å². The third-order valence-corrected chi connectivity index (χ3v) is 9.81. The van der Waals surface area contributed by atoms with E-state index in [0.29, 0.717) is 0 Å². The Balaban J connectivity index is 1.85. The Hall–Kier alpha value is -3.52. The summed E-state index contributed by atoms with van der Waals surface area (Å²) in [4.78, 5) is 4.97. The van der Waals surface area contributed by atoms with E-state index in [4.69, 9.17) is 0 Å². The fourth-order valence-electron chi connectivity index (χ4n) is 7.05. The number of fused-ring (bicyclic) bond motifs is 8. The summed E-state index contributed by atoms with van der Waals surface area (Å²) in [6.07, 6.45) is 0. The van der Waals surface area contributed by atoms with Crippen molar-refractivity contribution in [2.75, 3.05) is 23.9 Å². The normalized spacial score (nSPS) is 14.5. The van der Waals surface area contributed by atoms with E-state index in [1.165, 1.54) is 67.0 Å². The summed E-state index contributed by atoms with van der Waals surface area (Å²) >= 11 is 0. The molecule has 0 atom stereocenters. The highest BCUT2D eigenvalue weighted by Gasteiger charge is 2.26. The molecule has 1 aliphatic heterocycles. The monoisotopic (exact) mass is 614 g/mol. The molecule has 0 saturated heterocycles. The molecule has 0 unspecified atom stereocenters. The van der Waals surface area contributed by atoms with Gasteiger partial charge in [0, 0.05) is 49.7 Å². The van der Waals surface area contributed by atoms with E-state index in [0.717, 1.165) is 13.1 Å². The molecule has 0 saturated carbocycles. The Morgan fingerprint density at radius 1 is 0.413 bits per heavy atom. The zero-order valence-corrected chi connectivity index (χ0v) is 31.2. The van der Waals surface area contributed by atoms with Crippen LogP contribution in [0.4, 0.5) is 11.4 Å². The summed E-state index contributed by atoms with van der Waals surface area (Å²) in [5.74, 6) is 0. The van der Waals surface area contributed by atoms with Gasteiger partial charge in [0.15, 0.2) is 0 Å². The first-order chi connectivity index (χ1) is 21.1. The lowest BCUT2D eigenvalue weighted by Gasteiger charge is -2.32. The average molecular weight is 615 g/mol. The van der Waals surface area contributed by atoms with Crippen LogP contribution in [-0.2, 0) is 34.7 Å². The molecule has 46 heavy (non-hydrogen) atoms. The maximum absolute atomic E-state index is 2.48. The van der Waals surface area contributed by atoms with Gasteiger partial charge in [0.25, 0.3) is 0 Å². The second-order valence-electron chi connectivity index (χ2n) is 17.9. The maximum Gasteiger partial charge on any atom is 0.0449 e. The fourth-order valence-corrected chi connectivity index (χ4v) is 7.05. The summed E-state index contributed by atoms with van der Waals surface area (Å²) in [6.45, 7) is 29.6. The predicted octanol–water partition coefficient (Wildman–Crippen LogP) is 11.8. The maximum atomic E-state index is 2.48. The highest BCUT2D eigenvalue weighted by molar-refractivity contribution is 5.82. The molecule has 0 amide bonds. The van der Waals surface area contributed by atoms with Crippen LogP contribution >= 0.6 is 0 Å². The highest BCUT2D eigenvalue weighted by Crippen LogP contribution is 2.42. The van der Waals surface area contributed by atoms with Gasteiger partial charge < -0.3 is 9.80 Å². The third-order valence-electron chi connectivity index (χ3n) is 9.81. The molecule has 0 aromatic heterocycles. The van der Waals surface area contributed by atoms with Crippen LogP contribution in [0.15, 0.2) is 72.8 Å². The van der Waals surface area contributed by atoms with Crippen LogP contribution in [0.5, 0.6) is 0 Å². The van der Waals surface area contributed by atoms with Crippen molar-refractivity contribution >= 4 is 11.4 Å². The summed E-state index contributed by atoms with van der Waals surface area (Å²) in [7, 11) is 4.55. The van der Waals surface area contributed by atoms with Crippen molar-refractivity contribution in [2.24, 2.45) is 0 Å². The summed E-state index contributed by atoms with van der Waals surface area (Å²) in [5.41, 5.74) is 16.2. The lowest BCUT2D eigenvalue weighted by molar-refractivity contribution is 0.580. The van der Waals surface area contributed by atoms with Crippen molar-refractivity contribution in [3.8, 4) is 22.3 Å². The topological polar surface area (TPSA) is 6.48 Å². The standard InChI is InChI=1S/C44H58N2/c1-41(2,3)33-17-19-35-29-15-21-38(44(10,11)12)32(23-29)28-46(14)40-26-34(42(4,5)6)18-20-36(40)30-16-22-37(43(7,8)9)31(24-30)27-45(13)39(35)25-33/h15-26H,27-28H2,1-14H3. The minimum absolute atomic E-state index is 0.0314. The molecule has 1 aliphatic rings. The van der Waals surface area contributed by atoms with Gasteiger partial charge >= 0.3 is 0 Å². The van der Waals surface area contributed by atoms with E-state index in [1.807, 2.05) is 0 Å². The predicted molar refractivity (Wildman–Crippen MR) is 203 cm³/mol. The third kappa shape index (κ3) is 6.78. The van der Waals surface area contributed by atoms with E-state index in [9.17, 15) is 0 Å². The minimum Gasteiger partial charge on any atom is -0.370 e. The van der Waals surface area contributed by atoms with Crippen molar-refractivity contribution in [2.45, 2.75) is 118 Å². The lowest BCUT2D eigenvalue weighted by atomic mass is 9.80. The zero-order chi connectivity index (χ0) is 34.0. The first-order valence-corrected chi connectivity index (χ1v) is 17.1. The van der Waals surface area contributed by atoms with Gasteiger partial charge in [-0.05, 0) is 90.4 Å². The van der Waals surface area contributed by atoms with Crippen LogP contribution in [0.2, 0.25) is 0 Å². The van der Waals surface area contributed by atoms with Gasteiger partial charge in [-0.15, -0.1) is 0 Å². The first kappa shape index (κ1) is 33.8. The Morgan fingerprint density at radius 3 is 1.07 bits per heavy atom. The number of rotatable bonds is 0. The van der Waals surface area contributed by atoms with Gasteiger partial charge in [-0.25, -0.2) is 0 Å². The molecule has 0 aliphatic carbocycles. The fraction of sp³-hybridized carbons (Fsp3) is 0.455. The molecule has 244 valence electrons. The van der Waals surface area contributed by atoms with Crippen LogP contribution in [0.3, 0.4) is 0 Å². The number of hydrogen-bond acceptors (Lipinski definition) is 2. The Kier molecular flexibility index (Phi) is 8.55. The van der Waals surface area contributed by atoms with Crippen LogP contribution in [0.1, 0.15) is 116 Å². The summed E-state index contributed by atoms with van der Waals surface area (Å²) in [6, 6.07) is 28.7. The summed E-state index contributed by atoms with van der Waals surface area (Å²) in [5, 5.41) is 0. The van der Waals surface area contributed by atoms with Gasteiger partial charge in [-0.2, -0.15) is 0 Å². The number of anilines is 2. The molecule has 4 aromatic carbocycles. The Labute approximate surface area is 280 Å².